The quantitative estimate of drug-likeness (QED) is 0.812. The van der Waals surface area contributed by atoms with Gasteiger partial charge in [0.05, 0.1) is 13.2 Å². The van der Waals surface area contributed by atoms with E-state index in [0.29, 0.717) is 30.1 Å². The molecule has 0 spiro atoms. The Balaban J connectivity index is 1.67. The Labute approximate surface area is 151 Å². The van der Waals surface area contributed by atoms with Crippen molar-refractivity contribution in [3.05, 3.63) is 53.6 Å². The van der Waals surface area contributed by atoms with E-state index in [0.717, 1.165) is 11.3 Å². The molecule has 0 radical (unpaired) electrons. The highest BCUT2D eigenvalue weighted by atomic mass is 16.5. The number of para-hydroxylation sites is 1. The van der Waals surface area contributed by atoms with Crippen molar-refractivity contribution >= 4 is 11.8 Å². The summed E-state index contributed by atoms with van der Waals surface area (Å²) >= 11 is 0. The first-order valence-corrected chi connectivity index (χ1v) is 8.17. The number of methoxy groups -OCH3 is 1. The van der Waals surface area contributed by atoms with Gasteiger partial charge in [0, 0.05) is 5.56 Å². The van der Waals surface area contributed by atoms with Crippen LogP contribution >= 0.6 is 0 Å². The second-order valence-electron chi connectivity index (χ2n) is 5.91. The summed E-state index contributed by atoms with van der Waals surface area (Å²) in [6.07, 6.45) is 0.707. The van der Waals surface area contributed by atoms with Crippen molar-refractivity contribution in [3.8, 4) is 17.2 Å². The standard InChI is InChI=1S/C19H20N2O5/c1-24-17-9-13(6-7-16(17)26-11-18(20)22)19(23)21-14-8-12-4-2-3-5-15(12)25-10-14/h2-7,9,14H,8,10-11H2,1H3,(H2,20,22)(H,21,23)/t14-/m0/s1. The van der Waals surface area contributed by atoms with E-state index in [4.69, 9.17) is 19.9 Å². The summed E-state index contributed by atoms with van der Waals surface area (Å²) < 4.78 is 16.2. The number of fused-ring (bicyclic) bond motifs is 1. The number of carbonyl (C=O) groups excluding carboxylic acids is 2. The van der Waals surface area contributed by atoms with E-state index in [9.17, 15) is 9.59 Å². The SMILES string of the molecule is COc1cc(C(=O)N[C@@H]2COc3ccccc3C2)ccc1OCC(N)=O. The molecule has 3 rings (SSSR count). The topological polar surface area (TPSA) is 99.9 Å². The van der Waals surface area contributed by atoms with E-state index in [1.165, 1.54) is 7.11 Å². The lowest BCUT2D eigenvalue weighted by Crippen LogP contribution is -2.42. The third-order valence-corrected chi connectivity index (χ3v) is 4.01. The van der Waals surface area contributed by atoms with E-state index in [2.05, 4.69) is 5.32 Å². The Hall–Kier alpha value is -3.22. The number of hydrogen-bond donors (Lipinski definition) is 2. The first-order valence-electron chi connectivity index (χ1n) is 8.17. The molecule has 2 aromatic carbocycles. The monoisotopic (exact) mass is 356 g/mol. The van der Waals surface area contributed by atoms with E-state index in [1.54, 1.807) is 18.2 Å². The maximum absolute atomic E-state index is 12.5. The Morgan fingerprint density at radius 3 is 2.81 bits per heavy atom. The molecular weight excluding hydrogens is 336 g/mol. The van der Waals surface area contributed by atoms with Gasteiger partial charge >= 0.3 is 0 Å². The number of nitrogens with two attached hydrogens (primary N) is 1. The molecule has 0 aliphatic carbocycles. The third kappa shape index (κ3) is 4.05. The average molecular weight is 356 g/mol. The van der Waals surface area contributed by atoms with Crippen molar-refractivity contribution in [2.24, 2.45) is 5.73 Å². The molecule has 26 heavy (non-hydrogen) atoms. The van der Waals surface area contributed by atoms with Gasteiger partial charge in [-0.2, -0.15) is 0 Å². The predicted molar refractivity (Wildman–Crippen MR) is 94.6 cm³/mol. The summed E-state index contributed by atoms with van der Waals surface area (Å²) in [5, 5.41) is 2.96. The van der Waals surface area contributed by atoms with E-state index in [-0.39, 0.29) is 18.6 Å². The molecule has 3 N–H and O–H groups in total. The third-order valence-electron chi connectivity index (χ3n) is 4.01. The minimum absolute atomic E-state index is 0.116. The lowest BCUT2D eigenvalue weighted by atomic mass is 10.0. The Kier molecular flexibility index (Phi) is 5.26. The fourth-order valence-corrected chi connectivity index (χ4v) is 2.77. The number of ether oxygens (including phenoxy) is 3. The summed E-state index contributed by atoms with van der Waals surface area (Å²) in [6, 6.07) is 12.4. The molecule has 7 nitrogen and oxygen atoms in total. The summed E-state index contributed by atoms with van der Waals surface area (Å²) in [7, 11) is 1.46. The van der Waals surface area contributed by atoms with Gasteiger partial charge < -0.3 is 25.3 Å². The second-order valence-corrected chi connectivity index (χ2v) is 5.91. The van der Waals surface area contributed by atoms with Crippen molar-refractivity contribution in [2.75, 3.05) is 20.3 Å². The van der Waals surface area contributed by atoms with Gasteiger partial charge in [-0.1, -0.05) is 18.2 Å². The lowest BCUT2D eigenvalue weighted by Gasteiger charge is -2.26. The van der Waals surface area contributed by atoms with Gasteiger partial charge in [-0.3, -0.25) is 9.59 Å². The van der Waals surface area contributed by atoms with Crippen LogP contribution in [0, 0.1) is 0 Å². The molecule has 0 bridgehead atoms. The van der Waals surface area contributed by atoms with Crippen molar-refractivity contribution in [1.29, 1.82) is 0 Å². The minimum atomic E-state index is -0.591. The molecule has 0 saturated carbocycles. The molecular formula is C19H20N2O5. The van der Waals surface area contributed by atoms with Gasteiger partial charge in [-0.15, -0.1) is 0 Å². The van der Waals surface area contributed by atoms with E-state index >= 15 is 0 Å². The lowest BCUT2D eigenvalue weighted by molar-refractivity contribution is -0.119. The normalized spacial score (nSPS) is 15.3. The Morgan fingerprint density at radius 1 is 1.23 bits per heavy atom. The first-order chi connectivity index (χ1) is 12.6. The van der Waals surface area contributed by atoms with Crippen molar-refractivity contribution < 1.29 is 23.8 Å². The molecule has 1 heterocycles. The second kappa shape index (κ2) is 7.77. The molecule has 0 saturated heterocycles. The molecule has 1 aliphatic rings. The maximum atomic E-state index is 12.5. The first kappa shape index (κ1) is 17.6. The number of nitrogens with one attached hydrogen (secondary N) is 1. The zero-order valence-electron chi connectivity index (χ0n) is 14.4. The number of carbonyl (C=O) groups is 2. The van der Waals surface area contributed by atoms with Gasteiger partial charge in [0.2, 0.25) is 0 Å². The van der Waals surface area contributed by atoms with Gasteiger partial charge in [0.15, 0.2) is 18.1 Å². The summed E-state index contributed by atoms with van der Waals surface area (Å²) in [6.45, 7) is 0.153. The summed E-state index contributed by atoms with van der Waals surface area (Å²) in [4.78, 5) is 23.4. The highest BCUT2D eigenvalue weighted by Gasteiger charge is 2.22. The smallest absolute Gasteiger partial charge is 0.255 e. The highest BCUT2D eigenvalue weighted by molar-refractivity contribution is 5.95. The number of hydrogen-bond acceptors (Lipinski definition) is 5. The van der Waals surface area contributed by atoms with Gasteiger partial charge in [0.25, 0.3) is 11.8 Å². The van der Waals surface area contributed by atoms with Crippen molar-refractivity contribution in [2.45, 2.75) is 12.5 Å². The fraction of sp³-hybridized carbons (Fsp3) is 0.263. The van der Waals surface area contributed by atoms with Crippen LogP contribution in [0.3, 0.4) is 0 Å². The van der Waals surface area contributed by atoms with E-state index < -0.39 is 5.91 Å². The zero-order chi connectivity index (χ0) is 18.5. The van der Waals surface area contributed by atoms with Crippen molar-refractivity contribution in [3.63, 3.8) is 0 Å². The number of primary amides is 1. The fourth-order valence-electron chi connectivity index (χ4n) is 2.77. The number of amides is 2. The highest BCUT2D eigenvalue weighted by Crippen LogP contribution is 2.28. The number of benzene rings is 2. The molecule has 0 unspecified atom stereocenters. The van der Waals surface area contributed by atoms with Crippen LogP contribution in [0.1, 0.15) is 15.9 Å². The largest absolute Gasteiger partial charge is 0.493 e. The summed E-state index contributed by atoms with van der Waals surface area (Å²) in [5.41, 5.74) is 6.56. The van der Waals surface area contributed by atoms with Crippen LogP contribution in [0.5, 0.6) is 17.2 Å². The van der Waals surface area contributed by atoms with Gasteiger partial charge in [0.1, 0.15) is 12.4 Å². The molecule has 0 fully saturated rings. The minimum Gasteiger partial charge on any atom is -0.493 e. The van der Waals surface area contributed by atoms with Crippen LogP contribution in [0.4, 0.5) is 0 Å². The van der Waals surface area contributed by atoms with Crippen molar-refractivity contribution in [1.82, 2.24) is 5.32 Å². The van der Waals surface area contributed by atoms with Crippen LogP contribution in [0.2, 0.25) is 0 Å². The molecule has 7 heteroatoms. The summed E-state index contributed by atoms with van der Waals surface area (Å²) in [5.74, 6) is 0.724. The zero-order valence-corrected chi connectivity index (χ0v) is 14.4. The average Bonchev–Trinajstić information content (AvgIpc) is 2.66. The van der Waals surface area contributed by atoms with Crippen LogP contribution in [-0.2, 0) is 11.2 Å². The molecule has 136 valence electrons. The molecule has 2 aromatic rings. The molecule has 0 aromatic heterocycles. The Bertz CT molecular complexity index is 821. The van der Waals surface area contributed by atoms with Crippen LogP contribution < -0.4 is 25.3 Å². The molecule has 2 amide bonds. The number of rotatable bonds is 6. The van der Waals surface area contributed by atoms with Crippen LogP contribution in [0.15, 0.2) is 42.5 Å². The van der Waals surface area contributed by atoms with Crippen LogP contribution in [-0.4, -0.2) is 38.2 Å². The maximum Gasteiger partial charge on any atom is 0.255 e. The molecule has 1 atom stereocenters. The van der Waals surface area contributed by atoms with Gasteiger partial charge in [-0.25, -0.2) is 0 Å². The van der Waals surface area contributed by atoms with Crippen LogP contribution in [0.25, 0.3) is 0 Å². The Morgan fingerprint density at radius 2 is 2.04 bits per heavy atom. The molecule has 1 aliphatic heterocycles. The predicted octanol–water partition coefficient (Wildman–Crippen LogP) is 1.29. The van der Waals surface area contributed by atoms with Gasteiger partial charge in [-0.05, 0) is 36.2 Å². The van der Waals surface area contributed by atoms with E-state index in [1.807, 2.05) is 24.3 Å².